The number of aryl methyl sites for hydroxylation is 1. The molecule has 5 heteroatoms. The monoisotopic (exact) mass is 321 g/mol. The Morgan fingerprint density at radius 2 is 1.96 bits per heavy atom. The highest BCUT2D eigenvalue weighted by atomic mass is 19.3. The van der Waals surface area contributed by atoms with Gasteiger partial charge >= 0.3 is 5.92 Å². The Labute approximate surface area is 134 Å². The van der Waals surface area contributed by atoms with Crippen molar-refractivity contribution in [1.29, 1.82) is 0 Å². The van der Waals surface area contributed by atoms with Crippen LogP contribution in [0.3, 0.4) is 0 Å². The van der Waals surface area contributed by atoms with Gasteiger partial charge in [-0.3, -0.25) is 4.79 Å². The van der Waals surface area contributed by atoms with Crippen LogP contribution in [0.15, 0.2) is 54.3 Å². The SMILES string of the molecule is O=C(CCCCc1ccccc1)NCC1C=CC=C(O)C1(F)F. The molecule has 1 aliphatic carbocycles. The van der Waals surface area contributed by atoms with Crippen LogP contribution >= 0.6 is 0 Å². The number of alkyl halides is 2. The lowest BCUT2D eigenvalue weighted by atomic mass is 9.95. The van der Waals surface area contributed by atoms with E-state index in [0.29, 0.717) is 12.8 Å². The minimum atomic E-state index is -3.32. The van der Waals surface area contributed by atoms with E-state index in [1.54, 1.807) is 0 Å². The summed E-state index contributed by atoms with van der Waals surface area (Å²) in [6.45, 7) is -0.182. The van der Waals surface area contributed by atoms with Crippen molar-refractivity contribution in [2.75, 3.05) is 6.54 Å². The summed E-state index contributed by atoms with van der Waals surface area (Å²) >= 11 is 0. The molecule has 0 spiro atoms. The second kappa shape index (κ2) is 7.90. The second-order valence-corrected chi connectivity index (χ2v) is 5.66. The third kappa shape index (κ3) is 4.91. The zero-order valence-corrected chi connectivity index (χ0v) is 12.8. The molecule has 0 saturated carbocycles. The summed E-state index contributed by atoms with van der Waals surface area (Å²) < 4.78 is 27.4. The fraction of sp³-hybridized carbons (Fsp3) is 0.389. The summed E-state index contributed by atoms with van der Waals surface area (Å²) in [5.41, 5.74) is 1.22. The maximum Gasteiger partial charge on any atom is 0.311 e. The third-order valence-corrected chi connectivity index (χ3v) is 3.89. The third-order valence-electron chi connectivity index (χ3n) is 3.89. The van der Waals surface area contributed by atoms with Crippen molar-refractivity contribution in [2.45, 2.75) is 31.6 Å². The summed E-state index contributed by atoms with van der Waals surface area (Å²) in [4.78, 5) is 11.7. The number of halogens is 2. The number of allylic oxidation sites excluding steroid dienone is 3. The first-order valence-corrected chi connectivity index (χ1v) is 7.76. The van der Waals surface area contributed by atoms with E-state index in [1.807, 2.05) is 30.3 Å². The average molecular weight is 321 g/mol. The minimum absolute atomic E-state index is 0.182. The van der Waals surface area contributed by atoms with Gasteiger partial charge in [0.15, 0.2) is 5.76 Å². The molecule has 0 heterocycles. The molecule has 1 atom stereocenters. The molecule has 23 heavy (non-hydrogen) atoms. The topological polar surface area (TPSA) is 49.3 Å². The zero-order chi connectivity index (χ0) is 16.7. The molecule has 3 nitrogen and oxygen atoms in total. The largest absolute Gasteiger partial charge is 0.506 e. The fourth-order valence-corrected chi connectivity index (χ4v) is 2.47. The molecule has 124 valence electrons. The van der Waals surface area contributed by atoms with E-state index < -0.39 is 17.6 Å². The highest BCUT2D eigenvalue weighted by Gasteiger charge is 2.43. The lowest BCUT2D eigenvalue weighted by molar-refractivity contribution is -0.122. The molecule has 0 fully saturated rings. The van der Waals surface area contributed by atoms with Gasteiger partial charge < -0.3 is 10.4 Å². The van der Waals surface area contributed by atoms with Crippen molar-refractivity contribution >= 4 is 5.91 Å². The summed E-state index contributed by atoms with van der Waals surface area (Å²) in [6.07, 6.45) is 6.46. The Bertz CT molecular complexity index is 582. The maximum atomic E-state index is 13.7. The van der Waals surface area contributed by atoms with Gasteiger partial charge in [-0.1, -0.05) is 42.5 Å². The normalized spacial score (nSPS) is 19.2. The van der Waals surface area contributed by atoms with Crippen molar-refractivity contribution in [3.8, 4) is 0 Å². The van der Waals surface area contributed by atoms with E-state index in [1.165, 1.54) is 17.7 Å². The molecule has 0 bridgehead atoms. The number of aliphatic hydroxyl groups excluding tert-OH is 1. The number of rotatable bonds is 7. The van der Waals surface area contributed by atoms with Crippen molar-refractivity contribution < 1.29 is 18.7 Å². The van der Waals surface area contributed by atoms with Crippen LogP contribution in [0.1, 0.15) is 24.8 Å². The molecule has 0 saturated heterocycles. The number of aliphatic hydroxyl groups is 1. The van der Waals surface area contributed by atoms with Crippen LogP contribution in [0.2, 0.25) is 0 Å². The highest BCUT2D eigenvalue weighted by Crippen LogP contribution is 2.34. The standard InChI is InChI=1S/C18H21F2NO2/c19-18(20)15(10-6-11-16(18)22)13-21-17(23)12-5-4-9-14-7-2-1-3-8-14/h1-3,6-8,10-11,15,22H,4-5,9,12-13H2,(H,21,23). The van der Waals surface area contributed by atoms with E-state index >= 15 is 0 Å². The van der Waals surface area contributed by atoms with Gasteiger partial charge in [-0.05, 0) is 30.9 Å². The molecule has 1 aromatic rings. The Kier molecular flexibility index (Phi) is 5.90. The van der Waals surface area contributed by atoms with Gasteiger partial charge in [0.05, 0.1) is 5.92 Å². The predicted molar refractivity (Wildman–Crippen MR) is 85.3 cm³/mol. The highest BCUT2D eigenvalue weighted by molar-refractivity contribution is 5.75. The van der Waals surface area contributed by atoms with Crippen molar-refractivity contribution in [3.63, 3.8) is 0 Å². The summed E-state index contributed by atoms with van der Waals surface area (Å²) in [6, 6.07) is 9.99. The smallest absolute Gasteiger partial charge is 0.311 e. The van der Waals surface area contributed by atoms with E-state index in [9.17, 15) is 18.7 Å². The van der Waals surface area contributed by atoms with Gasteiger partial charge in [-0.2, -0.15) is 8.78 Å². The molecule has 2 rings (SSSR count). The lowest BCUT2D eigenvalue weighted by Crippen LogP contribution is -2.40. The molecule has 0 radical (unpaired) electrons. The van der Waals surface area contributed by atoms with Crippen LogP contribution in [0.5, 0.6) is 0 Å². The minimum Gasteiger partial charge on any atom is -0.506 e. The Morgan fingerprint density at radius 3 is 2.70 bits per heavy atom. The van der Waals surface area contributed by atoms with Crippen LogP contribution in [0.25, 0.3) is 0 Å². The van der Waals surface area contributed by atoms with E-state index in [4.69, 9.17) is 0 Å². The first-order valence-electron chi connectivity index (χ1n) is 7.76. The zero-order valence-electron chi connectivity index (χ0n) is 12.8. The van der Waals surface area contributed by atoms with Crippen LogP contribution in [0, 0.1) is 5.92 Å². The van der Waals surface area contributed by atoms with E-state index in [2.05, 4.69) is 5.32 Å². The van der Waals surface area contributed by atoms with Crippen LogP contribution in [-0.4, -0.2) is 23.5 Å². The molecular formula is C18H21F2NO2. The van der Waals surface area contributed by atoms with E-state index in [-0.39, 0.29) is 12.5 Å². The second-order valence-electron chi connectivity index (χ2n) is 5.66. The molecule has 0 aliphatic heterocycles. The number of benzene rings is 1. The first-order chi connectivity index (χ1) is 11.0. The Hall–Kier alpha value is -2.17. The molecule has 1 aliphatic rings. The van der Waals surface area contributed by atoms with E-state index in [0.717, 1.165) is 18.9 Å². The fourth-order valence-electron chi connectivity index (χ4n) is 2.47. The number of hydrogen-bond donors (Lipinski definition) is 2. The van der Waals surface area contributed by atoms with Crippen LogP contribution in [-0.2, 0) is 11.2 Å². The van der Waals surface area contributed by atoms with Crippen LogP contribution in [0.4, 0.5) is 8.78 Å². The maximum absolute atomic E-state index is 13.7. The van der Waals surface area contributed by atoms with Gasteiger partial charge in [0, 0.05) is 13.0 Å². The number of carbonyl (C=O) groups excluding carboxylic acids is 1. The Balaban J connectivity index is 1.66. The van der Waals surface area contributed by atoms with Gasteiger partial charge in [-0.15, -0.1) is 0 Å². The van der Waals surface area contributed by atoms with Gasteiger partial charge in [0.25, 0.3) is 0 Å². The Morgan fingerprint density at radius 1 is 1.22 bits per heavy atom. The number of nitrogens with one attached hydrogen (secondary N) is 1. The molecule has 1 unspecified atom stereocenters. The van der Waals surface area contributed by atoms with Gasteiger partial charge in [0.1, 0.15) is 0 Å². The molecule has 2 N–H and O–H groups in total. The predicted octanol–water partition coefficient (Wildman–Crippen LogP) is 3.78. The van der Waals surface area contributed by atoms with Crippen molar-refractivity contribution in [1.82, 2.24) is 5.32 Å². The quantitative estimate of drug-likeness (QED) is 0.751. The van der Waals surface area contributed by atoms with Crippen LogP contribution < -0.4 is 5.32 Å². The number of unbranched alkanes of at least 4 members (excludes halogenated alkanes) is 1. The van der Waals surface area contributed by atoms with Crippen molar-refractivity contribution in [3.05, 3.63) is 59.9 Å². The van der Waals surface area contributed by atoms with Gasteiger partial charge in [-0.25, -0.2) is 0 Å². The average Bonchev–Trinajstić information content (AvgIpc) is 2.54. The van der Waals surface area contributed by atoms with Gasteiger partial charge in [0.2, 0.25) is 5.91 Å². The molecule has 0 aromatic heterocycles. The molecule has 1 aromatic carbocycles. The first kappa shape index (κ1) is 17.2. The number of carbonyl (C=O) groups is 1. The lowest BCUT2D eigenvalue weighted by Gasteiger charge is -2.26. The summed E-state index contributed by atoms with van der Waals surface area (Å²) in [5, 5.41) is 11.7. The molecular weight excluding hydrogens is 300 g/mol. The summed E-state index contributed by atoms with van der Waals surface area (Å²) in [7, 11) is 0. The number of hydrogen-bond acceptors (Lipinski definition) is 2. The molecule has 1 amide bonds. The summed E-state index contributed by atoms with van der Waals surface area (Å²) in [5.74, 6) is -5.73. The van der Waals surface area contributed by atoms with Crippen molar-refractivity contribution in [2.24, 2.45) is 5.92 Å². The number of amides is 1.